The Hall–Kier alpha value is -2.05. The average molecular weight is 375 g/mol. The van der Waals surface area contributed by atoms with Crippen LogP contribution in [0.2, 0.25) is 0 Å². The molecular weight excluding hydrogens is 360 g/mol. The molecule has 118 valence electrons. The van der Waals surface area contributed by atoms with Crippen LogP contribution in [0.4, 0.5) is 0 Å². The van der Waals surface area contributed by atoms with Crippen molar-refractivity contribution in [2.45, 2.75) is 13.5 Å². The third kappa shape index (κ3) is 2.38. The Labute approximate surface area is 141 Å². The molecule has 3 heterocycles. The molecular formula is C17H15BrN2O3. The van der Waals surface area contributed by atoms with Crippen LogP contribution in [0.25, 0.3) is 16.9 Å². The van der Waals surface area contributed by atoms with Crippen LogP contribution in [0.5, 0.6) is 11.5 Å². The van der Waals surface area contributed by atoms with E-state index in [0.717, 1.165) is 38.4 Å². The minimum Gasteiger partial charge on any atom is -0.486 e. The van der Waals surface area contributed by atoms with Gasteiger partial charge in [-0.25, -0.2) is 4.98 Å². The summed E-state index contributed by atoms with van der Waals surface area (Å²) in [6.07, 6.45) is 1.97. The molecule has 0 aliphatic carbocycles. The molecule has 1 aliphatic heterocycles. The lowest BCUT2D eigenvalue weighted by Gasteiger charge is -2.18. The Morgan fingerprint density at radius 2 is 2.00 bits per heavy atom. The highest BCUT2D eigenvalue weighted by Gasteiger charge is 2.18. The van der Waals surface area contributed by atoms with Crippen molar-refractivity contribution in [3.05, 3.63) is 46.2 Å². The molecule has 0 unspecified atom stereocenters. The Morgan fingerprint density at radius 3 is 2.78 bits per heavy atom. The predicted octanol–water partition coefficient (Wildman–Crippen LogP) is 3.34. The van der Waals surface area contributed by atoms with Gasteiger partial charge >= 0.3 is 0 Å². The van der Waals surface area contributed by atoms with Crippen LogP contribution in [-0.2, 0) is 6.61 Å². The zero-order valence-electron chi connectivity index (χ0n) is 12.5. The van der Waals surface area contributed by atoms with E-state index >= 15 is 0 Å². The third-order valence-electron chi connectivity index (χ3n) is 3.88. The fourth-order valence-electron chi connectivity index (χ4n) is 2.85. The van der Waals surface area contributed by atoms with Crippen molar-refractivity contribution in [3.8, 4) is 22.8 Å². The van der Waals surface area contributed by atoms with Crippen LogP contribution in [0.1, 0.15) is 11.3 Å². The summed E-state index contributed by atoms with van der Waals surface area (Å²) in [6, 6.07) is 7.75. The molecule has 1 aromatic carbocycles. The molecule has 4 rings (SSSR count). The molecule has 0 bridgehead atoms. The molecule has 0 saturated carbocycles. The van der Waals surface area contributed by atoms with E-state index in [9.17, 15) is 5.11 Å². The molecule has 6 heteroatoms. The number of benzene rings is 1. The maximum atomic E-state index is 9.85. The molecule has 0 spiro atoms. The number of imidazole rings is 1. The first kappa shape index (κ1) is 14.5. The Bertz CT molecular complexity index is 904. The van der Waals surface area contributed by atoms with Gasteiger partial charge in [-0.3, -0.25) is 4.40 Å². The summed E-state index contributed by atoms with van der Waals surface area (Å²) in [4.78, 5) is 4.70. The van der Waals surface area contributed by atoms with Crippen LogP contribution in [0.3, 0.4) is 0 Å². The lowest BCUT2D eigenvalue weighted by atomic mass is 10.1. The number of rotatable bonds is 2. The second-order valence-electron chi connectivity index (χ2n) is 5.48. The molecule has 2 aromatic heterocycles. The van der Waals surface area contributed by atoms with Crippen LogP contribution in [0.15, 0.2) is 34.9 Å². The molecule has 0 amide bonds. The highest BCUT2D eigenvalue weighted by Crippen LogP contribution is 2.36. The number of aliphatic hydroxyl groups excluding tert-OH is 1. The minimum absolute atomic E-state index is 0.0964. The van der Waals surface area contributed by atoms with E-state index in [1.165, 1.54) is 0 Å². The van der Waals surface area contributed by atoms with Crippen molar-refractivity contribution in [3.63, 3.8) is 0 Å². The van der Waals surface area contributed by atoms with Gasteiger partial charge in [-0.1, -0.05) is 0 Å². The van der Waals surface area contributed by atoms with Crippen molar-refractivity contribution in [1.29, 1.82) is 0 Å². The highest BCUT2D eigenvalue weighted by molar-refractivity contribution is 9.10. The van der Waals surface area contributed by atoms with Gasteiger partial charge in [-0.15, -0.1) is 0 Å². The Balaban J connectivity index is 1.93. The summed E-state index contributed by atoms with van der Waals surface area (Å²) in [5.74, 6) is 1.45. The minimum atomic E-state index is -0.0964. The monoisotopic (exact) mass is 374 g/mol. The van der Waals surface area contributed by atoms with Gasteiger partial charge in [0.25, 0.3) is 0 Å². The van der Waals surface area contributed by atoms with Crippen molar-refractivity contribution in [2.24, 2.45) is 0 Å². The number of nitrogens with zero attached hydrogens (tertiary/aromatic N) is 2. The second kappa shape index (κ2) is 5.54. The first-order valence-corrected chi connectivity index (χ1v) is 8.14. The van der Waals surface area contributed by atoms with Crippen molar-refractivity contribution in [1.82, 2.24) is 9.38 Å². The van der Waals surface area contributed by atoms with Gasteiger partial charge in [0.1, 0.15) is 13.2 Å². The van der Waals surface area contributed by atoms with Crippen LogP contribution < -0.4 is 9.47 Å². The van der Waals surface area contributed by atoms with E-state index < -0.39 is 0 Å². The fraction of sp³-hybridized carbons (Fsp3) is 0.235. The summed E-state index contributed by atoms with van der Waals surface area (Å²) in [5, 5.41) is 9.85. The van der Waals surface area contributed by atoms with E-state index in [1.807, 2.05) is 41.8 Å². The predicted molar refractivity (Wildman–Crippen MR) is 90.0 cm³/mol. The largest absolute Gasteiger partial charge is 0.486 e. The van der Waals surface area contributed by atoms with Gasteiger partial charge in [0.15, 0.2) is 17.1 Å². The lowest BCUT2D eigenvalue weighted by molar-refractivity contribution is 0.171. The van der Waals surface area contributed by atoms with Gasteiger partial charge < -0.3 is 14.6 Å². The number of hydrogen-bond donors (Lipinski definition) is 1. The maximum absolute atomic E-state index is 9.85. The lowest BCUT2D eigenvalue weighted by Crippen LogP contribution is -2.15. The van der Waals surface area contributed by atoms with E-state index in [0.29, 0.717) is 19.0 Å². The average Bonchev–Trinajstić information content (AvgIpc) is 2.93. The SMILES string of the molecule is Cc1cc(Br)c2nc(-c3ccc4c(c3)OCCO4)c(CO)n2c1. The van der Waals surface area contributed by atoms with E-state index in [4.69, 9.17) is 14.5 Å². The number of aromatic nitrogens is 2. The Kier molecular flexibility index (Phi) is 3.50. The number of halogens is 1. The van der Waals surface area contributed by atoms with Crippen LogP contribution >= 0.6 is 15.9 Å². The van der Waals surface area contributed by atoms with E-state index in [1.54, 1.807) is 0 Å². The number of fused-ring (bicyclic) bond motifs is 2. The van der Waals surface area contributed by atoms with Gasteiger partial charge in [0.05, 0.1) is 22.5 Å². The topological polar surface area (TPSA) is 56.0 Å². The normalized spacial score (nSPS) is 13.5. The summed E-state index contributed by atoms with van der Waals surface area (Å²) < 4.78 is 14.0. The van der Waals surface area contributed by atoms with Gasteiger partial charge in [0, 0.05) is 11.8 Å². The zero-order valence-corrected chi connectivity index (χ0v) is 14.1. The summed E-state index contributed by atoms with van der Waals surface area (Å²) in [6.45, 7) is 3.02. The van der Waals surface area contributed by atoms with Crippen LogP contribution in [0, 0.1) is 6.92 Å². The quantitative estimate of drug-likeness (QED) is 0.747. The summed E-state index contributed by atoms with van der Waals surface area (Å²) in [5.41, 5.74) is 4.26. The molecule has 1 N–H and O–H groups in total. The second-order valence-corrected chi connectivity index (χ2v) is 6.34. The molecule has 23 heavy (non-hydrogen) atoms. The molecule has 1 aliphatic rings. The standard InChI is InChI=1S/C17H15BrN2O3/c1-10-6-12(18)17-19-16(13(9-21)20(17)8-10)11-2-3-14-15(7-11)23-5-4-22-14/h2-3,6-8,21H,4-5,9H2,1H3. The third-order valence-corrected chi connectivity index (χ3v) is 4.46. The van der Waals surface area contributed by atoms with Crippen molar-refractivity contribution < 1.29 is 14.6 Å². The molecule has 5 nitrogen and oxygen atoms in total. The molecule has 3 aromatic rings. The summed E-state index contributed by atoms with van der Waals surface area (Å²) in [7, 11) is 0. The number of hydrogen-bond acceptors (Lipinski definition) is 4. The number of pyridine rings is 1. The van der Waals surface area contributed by atoms with E-state index in [2.05, 4.69) is 15.9 Å². The molecule has 0 saturated heterocycles. The molecule has 0 atom stereocenters. The number of ether oxygens (including phenoxy) is 2. The number of aliphatic hydroxyl groups is 1. The van der Waals surface area contributed by atoms with E-state index in [-0.39, 0.29) is 6.61 Å². The first-order chi connectivity index (χ1) is 11.2. The van der Waals surface area contributed by atoms with Gasteiger partial charge in [0.2, 0.25) is 0 Å². The molecule has 0 fully saturated rings. The van der Waals surface area contributed by atoms with Gasteiger partial charge in [-0.05, 0) is 52.7 Å². The van der Waals surface area contributed by atoms with Crippen LogP contribution in [-0.4, -0.2) is 27.7 Å². The van der Waals surface area contributed by atoms with Crippen molar-refractivity contribution >= 4 is 21.6 Å². The number of aryl methyl sites for hydroxylation is 1. The zero-order chi connectivity index (χ0) is 16.0. The first-order valence-electron chi connectivity index (χ1n) is 7.35. The maximum Gasteiger partial charge on any atom is 0.162 e. The van der Waals surface area contributed by atoms with Crippen molar-refractivity contribution in [2.75, 3.05) is 13.2 Å². The molecule has 0 radical (unpaired) electrons. The fourth-order valence-corrected chi connectivity index (χ4v) is 3.49. The Morgan fingerprint density at radius 1 is 1.22 bits per heavy atom. The smallest absolute Gasteiger partial charge is 0.162 e. The van der Waals surface area contributed by atoms with Gasteiger partial charge in [-0.2, -0.15) is 0 Å². The summed E-state index contributed by atoms with van der Waals surface area (Å²) >= 11 is 3.55. The highest BCUT2D eigenvalue weighted by atomic mass is 79.9.